The summed E-state index contributed by atoms with van der Waals surface area (Å²) in [6.45, 7) is 0. The van der Waals surface area contributed by atoms with E-state index in [9.17, 15) is 0 Å². The highest BCUT2D eigenvalue weighted by Gasteiger charge is 2.19. The fraction of sp³-hybridized carbons (Fsp3) is 0. The van der Waals surface area contributed by atoms with E-state index in [4.69, 9.17) is 0 Å². The third-order valence-corrected chi connectivity index (χ3v) is 12.2. The number of anilines is 3. The van der Waals surface area contributed by atoms with Crippen LogP contribution in [-0.2, 0) is 0 Å². The summed E-state index contributed by atoms with van der Waals surface area (Å²) in [5.74, 6) is 0. The van der Waals surface area contributed by atoms with Crippen molar-refractivity contribution in [1.82, 2.24) is 0 Å². The van der Waals surface area contributed by atoms with Crippen molar-refractivity contribution in [2.45, 2.75) is 0 Å². The number of thiophene rings is 1. The highest BCUT2D eigenvalue weighted by atomic mass is 32.1. The largest absolute Gasteiger partial charge is 0.310 e. The number of fused-ring (bicyclic) bond motifs is 9. The minimum Gasteiger partial charge on any atom is -0.310 e. The summed E-state index contributed by atoms with van der Waals surface area (Å²) in [4.78, 5) is 2.43. The maximum absolute atomic E-state index is 2.43. The van der Waals surface area contributed by atoms with E-state index in [2.05, 4.69) is 205 Å². The average molecular weight is 704 g/mol. The van der Waals surface area contributed by atoms with Crippen molar-refractivity contribution in [2.75, 3.05) is 4.90 Å². The van der Waals surface area contributed by atoms with Crippen molar-refractivity contribution < 1.29 is 0 Å². The van der Waals surface area contributed by atoms with Crippen molar-refractivity contribution in [3.05, 3.63) is 200 Å². The van der Waals surface area contributed by atoms with Gasteiger partial charge >= 0.3 is 0 Å². The highest BCUT2D eigenvalue weighted by Crippen LogP contribution is 2.45. The fourth-order valence-electron chi connectivity index (χ4n) is 8.45. The minimum absolute atomic E-state index is 1.12. The van der Waals surface area contributed by atoms with Crippen LogP contribution in [0.3, 0.4) is 0 Å². The number of rotatable bonds is 5. The summed E-state index contributed by atoms with van der Waals surface area (Å²) < 4.78 is 2.60. The van der Waals surface area contributed by atoms with E-state index < -0.39 is 0 Å². The molecule has 252 valence electrons. The van der Waals surface area contributed by atoms with E-state index in [0.717, 1.165) is 11.4 Å². The Bertz CT molecular complexity index is 3200. The summed E-state index contributed by atoms with van der Waals surface area (Å²) in [5.41, 5.74) is 8.30. The smallest absolute Gasteiger partial charge is 0.0554 e. The molecular formula is C52H33NS. The standard InChI is InChI=1S/C52H33NS/c1-3-12-43-35(9-1)11-7-15-44(43)37-25-30-42(31-26-37)53(48-16-8-18-50-52(48)47-14-5-6-17-49(47)54-50)41-28-23-34(24-29-41)39-27-32-46-40(33-39)22-21-38-20-19-36-10-2-4-13-45(36)51(38)46/h1-33H. The van der Waals surface area contributed by atoms with Gasteiger partial charge < -0.3 is 4.90 Å². The van der Waals surface area contributed by atoms with Crippen LogP contribution < -0.4 is 4.90 Å². The van der Waals surface area contributed by atoms with E-state index in [-0.39, 0.29) is 0 Å². The molecule has 1 aromatic heterocycles. The average Bonchev–Trinajstić information content (AvgIpc) is 3.63. The number of benzene rings is 10. The summed E-state index contributed by atoms with van der Waals surface area (Å²) in [5, 5.41) is 12.8. The van der Waals surface area contributed by atoms with Crippen molar-refractivity contribution in [1.29, 1.82) is 0 Å². The third kappa shape index (κ3) is 4.99. The molecule has 0 unspecified atom stereocenters. The molecule has 1 heterocycles. The molecule has 10 aromatic carbocycles. The lowest BCUT2D eigenvalue weighted by Gasteiger charge is -2.27. The van der Waals surface area contributed by atoms with Crippen molar-refractivity contribution >= 4 is 91.7 Å². The van der Waals surface area contributed by atoms with Gasteiger partial charge in [-0.25, -0.2) is 0 Å². The van der Waals surface area contributed by atoms with E-state index in [1.165, 1.54) is 91.2 Å². The number of nitrogens with zero attached hydrogens (tertiary/aromatic N) is 1. The van der Waals surface area contributed by atoms with Crippen LogP contribution in [0.2, 0.25) is 0 Å². The van der Waals surface area contributed by atoms with Crippen LogP contribution in [0.4, 0.5) is 17.1 Å². The van der Waals surface area contributed by atoms with Crippen molar-refractivity contribution in [3.63, 3.8) is 0 Å². The molecule has 0 aliphatic carbocycles. The van der Waals surface area contributed by atoms with Crippen LogP contribution in [0.25, 0.3) is 85.5 Å². The molecule has 0 saturated heterocycles. The van der Waals surface area contributed by atoms with Crippen LogP contribution in [0.15, 0.2) is 200 Å². The molecule has 11 rings (SSSR count). The molecule has 54 heavy (non-hydrogen) atoms. The lowest BCUT2D eigenvalue weighted by molar-refractivity contribution is 1.30. The van der Waals surface area contributed by atoms with E-state index in [1.54, 1.807) is 0 Å². The summed E-state index contributed by atoms with van der Waals surface area (Å²) in [6, 6.07) is 73.5. The first-order valence-corrected chi connectivity index (χ1v) is 19.3. The first kappa shape index (κ1) is 30.8. The molecular weight excluding hydrogens is 671 g/mol. The molecule has 11 aromatic rings. The van der Waals surface area contributed by atoms with Gasteiger partial charge in [-0.2, -0.15) is 0 Å². The van der Waals surface area contributed by atoms with Gasteiger partial charge in [0, 0.05) is 31.5 Å². The van der Waals surface area contributed by atoms with Gasteiger partial charge in [0.05, 0.1) is 5.69 Å². The lowest BCUT2D eigenvalue weighted by atomic mass is 9.94. The molecule has 1 nitrogen and oxygen atoms in total. The Morgan fingerprint density at radius 2 is 0.870 bits per heavy atom. The van der Waals surface area contributed by atoms with E-state index >= 15 is 0 Å². The van der Waals surface area contributed by atoms with Crippen LogP contribution in [0.1, 0.15) is 0 Å². The molecule has 0 fully saturated rings. The molecule has 0 spiro atoms. The maximum atomic E-state index is 2.43. The van der Waals surface area contributed by atoms with Gasteiger partial charge in [-0.15, -0.1) is 11.3 Å². The Morgan fingerprint density at radius 3 is 1.67 bits per heavy atom. The summed E-state index contributed by atoms with van der Waals surface area (Å²) in [7, 11) is 0. The van der Waals surface area contributed by atoms with Crippen LogP contribution in [0.5, 0.6) is 0 Å². The summed E-state index contributed by atoms with van der Waals surface area (Å²) in [6.07, 6.45) is 0. The molecule has 0 N–H and O–H groups in total. The normalized spacial score (nSPS) is 11.7. The van der Waals surface area contributed by atoms with Gasteiger partial charge in [0.1, 0.15) is 0 Å². The van der Waals surface area contributed by atoms with Gasteiger partial charge in [0.25, 0.3) is 0 Å². The van der Waals surface area contributed by atoms with E-state index in [1.807, 2.05) is 11.3 Å². The van der Waals surface area contributed by atoms with Gasteiger partial charge in [-0.05, 0) is 114 Å². The zero-order valence-electron chi connectivity index (χ0n) is 29.4. The Balaban J connectivity index is 1.03. The van der Waals surface area contributed by atoms with Gasteiger partial charge in [0.15, 0.2) is 0 Å². The number of hydrogen-bond donors (Lipinski definition) is 0. The molecule has 0 amide bonds. The first-order chi connectivity index (χ1) is 26.8. The number of hydrogen-bond acceptors (Lipinski definition) is 2. The second kappa shape index (κ2) is 12.4. The highest BCUT2D eigenvalue weighted by molar-refractivity contribution is 7.26. The van der Waals surface area contributed by atoms with Crippen LogP contribution in [-0.4, -0.2) is 0 Å². The molecule has 0 radical (unpaired) electrons. The molecule has 0 aliphatic rings. The quantitative estimate of drug-likeness (QED) is 0.161. The minimum atomic E-state index is 1.12. The molecule has 0 bridgehead atoms. The van der Waals surface area contributed by atoms with Gasteiger partial charge in [0.2, 0.25) is 0 Å². The van der Waals surface area contributed by atoms with Crippen molar-refractivity contribution in [3.8, 4) is 22.3 Å². The Kier molecular flexibility index (Phi) is 7.11. The molecule has 0 saturated carbocycles. The second-order valence-electron chi connectivity index (χ2n) is 14.1. The van der Waals surface area contributed by atoms with Gasteiger partial charge in [-0.1, -0.05) is 152 Å². The Morgan fingerprint density at radius 1 is 0.315 bits per heavy atom. The monoisotopic (exact) mass is 703 g/mol. The summed E-state index contributed by atoms with van der Waals surface area (Å²) >= 11 is 1.86. The fourth-order valence-corrected chi connectivity index (χ4v) is 9.58. The predicted octanol–water partition coefficient (Wildman–Crippen LogP) is 15.5. The van der Waals surface area contributed by atoms with Crippen molar-refractivity contribution in [2.24, 2.45) is 0 Å². The lowest BCUT2D eigenvalue weighted by Crippen LogP contribution is -2.10. The third-order valence-electron chi connectivity index (χ3n) is 11.0. The first-order valence-electron chi connectivity index (χ1n) is 18.5. The maximum Gasteiger partial charge on any atom is 0.0554 e. The predicted molar refractivity (Wildman–Crippen MR) is 235 cm³/mol. The topological polar surface area (TPSA) is 3.24 Å². The van der Waals surface area contributed by atoms with Crippen LogP contribution >= 0.6 is 11.3 Å². The van der Waals surface area contributed by atoms with E-state index in [0.29, 0.717) is 0 Å². The zero-order chi connectivity index (χ0) is 35.6. The Labute approximate surface area is 317 Å². The van der Waals surface area contributed by atoms with Gasteiger partial charge in [-0.3, -0.25) is 0 Å². The molecule has 0 atom stereocenters. The molecule has 0 aliphatic heterocycles. The molecule has 2 heteroatoms. The SMILES string of the molecule is c1ccc2c(-c3ccc(N(c4ccc(-c5ccc6c(ccc7ccc8ccccc8c76)c5)cc4)c4cccc5sc6ccccc6c45)cc3)cccc2c1. The van der Waals surface area contributed by atoms with Crippen LogP contribution in [0, 0.1) is 0 Å². The second-order valence-corrected chi connectivity index (χ2v) is 15.2. The Hall–Kier alpha value is -6.74. The zero-order valence-corrected chi connectivity index (χ0v) is 30.2.